The van der Waals surface area contributed by atoms with E-state index in [1.165, 1.54) is 0 Å². The smallest absolute Gasteiger partial charge is 0.239 e. The highest BCUT2D eigenvalue weighted by atomic mass is 35.5. The lowest BCUT2D eigenvalue weighted by molar-refractivity contribution is -0.127. The minimum absolute atomic E-state index is 0. The van der Waals surface area contributed by atoms with Crippen LogP contribution in [0.3, 0.4) is 0 Å². The molecule has 10 heteroatoms. The van der Waals surface area contributed by atoms with Crippen LogP contribution in [0.1, 0.15) is 20.3 Å². The normalized spacial score (nSPS) is 24.3. The van der Waals surface area contributed by atoms with Crippen molar-refractivity contribution in [3.8, 4) is 0 Å². The highest BCUT2D eigenvalue weighted by Crippen LogP contribution is 2.33. The van der Waals surface area contributed by atoms with Gasteiger partial charge in [0.05, 0.1) is 25.8 Å². The van der Waals surface area contributed by atoms with Crippen LogP contribution in [0.15, 0.2) is 0 Å². The molecule has 2 aliphatic heterocycles. The van der Waals surface area contributed by atoms with Crippen molar-refractivity contribution in [2.45, 2.75) is 31.8 Å². The quantitative estimate of drug-likeness (QED) is 0.535. The molecule has 0 aromatic rings. The number of thioether (sulfide) groups is 1. The van der Waals surface area contributed by atoms with E-state index in [-0.39, 0.29) is 54.6 Å². The Balaban J connectivity index is 0.00000312. The first-order valence-electron chi connectivity index (χ1n) is 8.65. The molecule has 4 N–H and O–H groups in total. The number of carbonyl (C=O) groups excluding carboxylic acids is 2. The molecule has 2 fully saturated rings. The van der Waals surface area contributed by atoms with Gasteiger partial charge >= 0.3 is 0 Å². The van der Waals surface area contributed by atoms with E-state index < -0.39 is 6.04 Å². The van der Waals surface area contributed by atoms with Gasteiger partial charge < -0.3 is 21.1 Å². The molecule has 2 aliphatic rings. The third-order valence-electron chi connectivity index (χ3n) is 4.82. The lowest BCUT2D eigenvalue weighted by Crippen LogP contribution is -2.59. The van der Waals surface area contributed by atoms with Gasteiger partial charge in [-0.15, -0.1) is 24.8 Å². The molecule has 154 valence electrons. The molecule has 2 saturated heterocycles. The van der Waals surface area contributed by atoms with Crippen LogP contribution in [0.25, 0.3) is 0 Å². The molecule has 2 heterocycles. The maximum absolute atomic E-state index is 12.1. The number of nitrogens with zero attached hydrogens (tertiary/aromatic N) is 1. The van der Waals surface area contributed by atoms with Crippen LogP contribution < -0.4 is 16.4 Å². The largest absolute Gasteiger partial charge is 0.379 e. The van der Waals surface area contributed by atoms with Crippen LogP contribution in [0, 0.1) is 5.92 Å². The van der Waals surface area contributed by atoms with Gasteiger partial charge in [0.15, 0.2) is 0 Å². The molecule has 2 amide bonds. The summed E-state index contributed by atoms with van der Waals surface area (Å²) in [6, 6.07) is -0.580. The summed E-state index contributed by atoms with van der Waals surface area (Å²) in [4.78, 5) is 26.4. The second-order valence-electron chi connectivity index (χ2n) is 6.89. The SMILES string of the molecule is CC(C)[C@H](N)C(=O)NCC(=O)NCC1(N2CCOCC2)CCSC1.Cl.Cl. The van der Waals surface area contributed by atoms with Gasteiger partial charge in [0, 0.05) is 30.9 Å². The van der Waals surface area contributed by atoms with Crippen molar-refractivity contribution < 1.29 is 14.3 Å². The van der Waals surface area contributed by atoms with E-state index >= 15 is 0 Å². The fourth-order valence-corrected chi connectivity index (χ4v) is 4.53. The zero-order valence-corrected chi connectivity index (χ0v) is 17.9. The number of morpholine rings is 1. The number of rotatable bonds is 7. The van der Waals surface area contributed by atoms with Crippen LogP contribution >= 0.6 is 36.6 Å². The Bertz CT molecular complexity index is 445. The number of nitrogens with two attached hydrogens (primary N) is 1. The van der Waals surface area contributed by atoms with Crippen molar-refractivity contribution in [3.05, 3.63) is 0 Å². The topological polar surface area (TPSA) is 96.7 Å². The van der Waals surface area contributed by atoms with E-state index in [0.717, 1.165) is 44.2 Å². The van der Waals surface area contributed by atoms with E-state index in [1.54, 1.807) is 0 Å². The Morgan fingerprint density at radius 3 is 2.42 bits per heavy atom. The minimum atomic E-state index is -0.580. The molecule has 7 nitrogen and oxygen atoms in total. The first kappa shape index (κ1) is 25.8. The Hall–Kier alpha value is -0.250. The van der Waals surface area contributed by atoms with Gasteiger partial charge in [-0.05, 0) is 18.1 Å². The third kappa shape index (κ3) is 7.05. The Kier molecular flexibility index (Phi) is 12.1. The molecular weight excluding hydrogens is 399 g/mol. The molecule has 0 aliphatic carbocycles. The molecule has 1 unspecified atom stereocenters. The number of halogens is 2. The fourth-order valence-electron chi connectivity index (χ4n) is 3.05. The lowest BCUT2D eigenvalue weighted by Gasteiger charge is -2.43. The van der Waals surface area contributed by atoms with Crippen LogP contribution in [0.2, 0.25) is 0 Å². The standard InChI is InChI=1S/C16H30N4O3S.2ClH/c1-12(2)14(17)15(22)18-9-13(21)19-10-16(3-8-24-11-16)20-4-6-23-7-5-20;;/h12,14H,3-11,17H2,1-2H3,(H,18,22)(H,19,21);2*1H/t14-,16?;;/m0../s1. The van der Waals surface area contributed by atoms with E-state index in [4.69, 9.17) is 10.5 Å². The van der Waals surface area contributed by atoms with Gasteiger partial charge in [0.2, 0.25) is 11.8 Å². The van der Waals surface area contributed by atoms with E-state index in [2.05, 4.69) is 15.5 Å². The summed E-state index contributed by atoms with van der Waals surface area (Å²) in [5.74, 6) is 1.75. The van der Waals surface area contributed by atoms with Gasteiger partial charge in [-0.3, -0.25) is 14.5 Å². The molecule has 2 rings (SSSR count). The molecule has 26 heavy (non-hydrogen) atoms. The molecule has 0 radical (unpaired) electrons. The second-order valence-corrected chi connectivity index (χ2v) is 8.00. The number of nitrogens with one attached hydrogen (secondary N) is 2. The van der Waals surface area contributed by atoms with Crippen LogP contribution in [0.5, 0.6) is 0 Å². The Morgan fingerprint density at radius 1 is 1.23 bits per heavy atom. The summed E-state index contributed by atoms with van der Waals surface area (Å²) in [6.07, 6.45) is 1.07. The molecule has 0 bridgehead atoms. The zero-order chi connectivity index (χ0) is 17.6. The number of ether oxygens (including phenoxy) is 1. The molecular formula is C16H32Cl2N4O3S. The summed E-state index contributed by atoms with van der Waals surface area (Å²) in [7, 11) is 0. The Morgan fingerprint density at radius 2 is 1.88 bits per heavy atom. The highest BCUT2D eigenvalue weighted by molar-refractivity contribution is 7.99. The average Bonchev–Trinajstić information content (AvgIpc) is 3.08. The van der Waals surface area contributed by atoms with Gasteiger partial charge in [0.25, 0.3) is 0 Å². The highest BCUT2D eigenvalue weighted by Gasteiger charge is 2.40. The van der Waals surface area contributed by atoms with Crippen LogP contribution in [0.4, 0.5) is 0 Å². The zero-order valence-electron chi connectivity index (χ0n) is 15.5. The number of carbonyl (C=O) groups is 2. The van der Waals surface area contributed by atoms with Gasteiger partial charge in [-0.1, -0.05) is 13.8 Å². The lowest BCUT2D eigenvalue weighted by atomic mass is 9.95. The Labute approximate surface area is 172 Å². The average molecular weight is 431 g/mol. The van der Waals surface area contributed by atoms with E-state index in [1.807, 2.05) is 25.6 Å². The number of amides is 2. The summed E-state index contributed by atoms with van der Waals surface area (Å²) < 4.78 is 5.44. The maximum Gasteiger partial charge on any atom is 0.239 e. The number of hydrogen-bond acceptors (Lipinski definition) is 6. The predicted octanol–water partition coefficient (Wildman–Crippen LogP) is 0.254. The number of hydrogen-bond donors (Lipinski definition) is 3. The molecule has 0 spiro atoms. The van der Waals surface area contributed by atoms with Gasteiger partial charge in [-0.2, -0.15) is 11.8 Å². The van der Waals surface area contributed by atoms with E-state index in [9.17, 15) is 9.59 Å². The molecule has 2 atom stereocenters. The summed E-state index contributed by atoms with van der Waals surface area (Å²) in [6.45, 7) is 7.69. The fraction of sp³-hybridized carbons (Fsp3) is 0.875. The molecule has 0 saturated carbocycles. The van der Waals surface area contributed by atoms with Crippen molar-refractivity contribution in [3.63, 3.8) is 0 Å². The maximum atomic E-state index is 12.1. The monoisotopic (exact) mass is 430 g/mol. The van der Waals surface area contributed by atoms with Crippen molar-refractivity contribution >= 4 is 48.4 Å². The summed E-state index contributed by atoms with van der Waals surface area (Å²) in [5.41, 5.74) is 5.79. The van der Waals surface area contributed by atoms with Crippen molar-refractivity contribution in [2.24, 2.45) is 11.7 Å². The summed E-state index contributed by atoms with van der Waals surface area (Å²) >= 11 is 1.93. The van der Waals surface area contributed by atoms with Crippen molar-refractivity contribution in [1.29, 1.82) is 0 Å². The third-order valence-corrected chi connectivity index (χ3v) is 6.06. The predicted molar refractivity (Wildman–Crippen MR) is 110 cm³/mol. The summed E-state index contributed by atoms with van der Waals surface area (Å²) in [5, 5.41) is 5.61. The minimum Gasteiger partial charge on any atom is -0.379 e. The van der Waals surface area contributed by atoms with Crippen molar-refractivity contribution in [2.75, 3.05) is 50.9 Å². The first-order valence-corrected chi connectivity index (χ1v) is 9.81. The molecule has 0 aromatic carbocycles. The van der Waals surface area contributed by atoms with Crippen LogP contribution in [-0.2, 0) is 14.3 Å². The van der Waals surface area contributed by atoms with Crippen molar-refractivity contribution in [1.82, 2.24) is 15.5 Å². The molecule has 0 aromatic heterocycles. The first-order chi connectivity index (χ1) is 11.4. The van der Waals surface area contributed by atoms with Gasteiger partial charge in [-0.25, -0.2) is 0 Å². The van der Waals surface area contributed by atoms with E-state index in [0.29, 0.717) is 6.54 Å². The van der Waals surface area contributed by atoms with Crippen LogP contribution in [-0.4, -0.2) is 79.2 Å². The van der Waals surface area contributed by atoms with Gasteiger partial charge in [0.1, 0.15) is 0 Å². The second kappa shape index (κ2) is 12.3.